The summed E-state index contributed by atoms with van der Waals surface area (Å²) in [4.78, 5) is 59.5. The van der Waals surface area contributed by atoms with Crippen molar-refractivity contribution in [3.63, 3.8) is 0 Å². The number of hydrogen-bond acceptors (Lipinski definition) is 8. The van der Waals surface area contributed by atoms with E-state index in [-0.39, 0.29) is 54.6 Å². The Morgan fingerprint density at radius 3 is 2.54 bits per heavy atom. The quantitative estimate of drug-likeness (QED) is 0.346. The SMILES string of the molecule is C[C@]12CCC(=O)C=C1CC[C@@H]1[C@@H]2[C@@H](O)C[C@@]2(C)[C@H]1CC[C@]2(O)C(=O)COC(=O)CCC(=O)NCC(=O)O. The third-order valence-electron chi connectivity index (χ3n) is 9.87. The van der Waals surface area contributed by atoms with Gasteiger partial charge in [0.05, 0.1) is 12.5 Å². The monoisotopic (exact) mass is 519 g/mol. The number of rotatable bonds is 8. The van der Waals surface area contributed by atoms with Crippen LogP contribution in [0.2, 0.25) is 0 Å². The Morgan fingerprint density at radius 1 is 1.11 bits per heavy atom. The number of hydrogen-bond donors (Lipinski definition) is 4. The van der Waals surface area contributed by atoms with Crippen molar-refractivity contribution in [1.29, 1.82) is 0 Å². The third kappa shape index (κ3) is 4.74. The molecule has 0 unspecified atom stereocenters. The lowest BCUT2D eigenvalue weighted by Crippen LogP contribution is -2.62. The molecule has 3 saturated carbocycles. The van der Waals surface area contributed by atoms with Gasteiger partial charge in [-0.1, -0.05) is 19.4 Å². The van der Waals surface area contributed by atoms with Gasteiger partial charge >= 0.3 is 11.9 Å². The zero-order valence-corrected chi connectivity index (χ0v) is 21.5. The number of ketones is 2. The van der Waals surface area contributed by atoms with Crippen molar-refractivity contribution in [2.45, 2.75) is 83.3 Å². The number of amides is 1. The first-order valence-corrected chi connectivity index (χ1v) is 13.1. The van der Waals surface area contributed by atoms with Crippen LogP contribution in [0.1, 0.15) is 71.6 Å². The van der Waals surface area contributed by atoms with Gasteiger partial charge < -0.3 is 25.4 Å². The molecule has 0 aromatic heterocycles. The van der Waals surface area contributed by atoms with Gasteiger partial charge in [-0.25, -0.2) is 0 Å². The van der Waals surface area contributed by atoms with Crippen LogP contribution in [-0.2, 0) is 28.7 Å². The van der Waals surface area contributed by atoms with E-state index < -0.39 is 53.9 Å². The predicted octanol–water partition coefficient (Wildman–Crippen LogP) is 1.31. The first-order valence-electron chi connectivity index (χ1n) is 13.1. The molecule has 0 heterocycles. The van der Waals surface area contributed by atoms with Gasteiger partial charge in [-0.05, 0) is 67.8 Å². The number of Topliss-reactive ketones (excluding diaryl/α,β-unsaturated/α-hetero) is 1. The molecular weight excluding hydrogens is 482 g/mol. The van der Waals surface area contributed by atoms with E-state index in [1.807, 2.05) is 6.92 Å². The standard InChI is InChI=1S/C27H37NO9/c1-25-9-7-16(29)11-15(25)3-4-17-18-8-10-27(36,26(18,2)12-19(30)24(17)25)20(31)14-37-23(35)6-5-21(32)28-13-22(33)34/h11,17-19,24,30,36H,3-10,12-14H2,1-2H3,(H,28,32)(H,33,34)/t17-,18-,19-,24+,25-,26-,27-/m0/s1. The zero-order valence-electron chi connectivity index (χ0n) is 21.5. The van der Waals surface area contributed by atoms with Gasteiger partial charge in [-0.15, -0.1) is 0 Å². The lowest BCUT2D eigenvalue weighted by Gasteiger charge is -2.60. The van der Waals surface area contributed by atoms with Crippen LogP contribution in [0.4, 0.5) is 0 Å². The second kappa shape index (κ2) is 9.94. The summed E-state index contributed by atoms with van der Waals surface area (Å²) in [5.74, 6) is -3.01. The van der Waals surface area contributed by atoms with Crippen molar-refractivity contribution in [2.24, 2.45) is 28.6 Å². The highest BCUT2D eigenvalue weighted by molar-refractivity contribution is 5.92. The van der Waals surface area contributed by atoms with E-state index in [2.05, 4.69) is 12.2 Å². The Bertz CT molecular complexity index is 1040. The number of ether oxygens (including phenoxy) is 1. The lowest BCUT2D eigenvalue weighted by molar-refractivity contribution is -0.184. The number of nitrogens with one attached hydrogen (secondary N) is 1. The Labute approximate surface area is 215 Å². The van der Waals surface area contributed by atoms with Gasteiger partial charge in [0, 0.05) is 18.3 Å². The van der Waals surface area contributed by atoms with Crippen LogP contribution in [0.3, 0.4) is 0 Å². The van der Waals surface area contributed by atoms with Crippen LogP contribution >= 0.6 is 0 Å². The largest absolute Gasteiger partial charge is 0.480 e. The van der Waals surface area contributed by atoms with Crippen molar-refractivity contribution < 1.29 is 44.0 Å². The number of carbonyl (C=O) groups is 5. The highest BCUT2D eigenvalue weighted by Gasteiger charge is 2.68. The second-order valence-corrected chi connectivity index (χ2v) is 11.7. The fourth-order valence-electron chi connectivity index (χ4n) is 7.97. The number of aliphatic carboxylic acids is 1. The molecule has 4 aliphatic carbocycles. The van der Waals surface area contributed by atoms with Crippen LogP contribution in [0, 0.1) is 28.6 Å². The summed E-state index contributed by atoms with van der Waals surface area (Å²) in [5, 5.41) is 33.8. The number of carboxylic acids is 1. The molecule has 4 aliphatic rings. The number of aliphatic hydroxyl groups is 2. The van der Waals surface area contributed by atoms with Crippen LogP contribution in [-0.4, -0.2) is 69.6 Å². The minimum absolute atomic E-state index is 0.0134. The van der Waals surface area contributed by atoms with E-state index in [4.69, 9.17) is 9.84 Å². The van der Waals surface area contributed by atoms with E-state index in [1.165, 1.54) is 0 Å². The molecule has 7 atom stereocenters. The van der Waals surface area contributed by atoms with E-state index in [0.717, 1.165) is 18.4 Å². The summed E-state index contributed by atoms with van der Waals surface area (Å²) in [7, 11) is 0. The Morgan fingerprint density at radius 2 is 1.84 bits per heavy atom. The molecule has 10 heteroatoms. The number of fused-ring (bicyclic) bond motifs is 5. The molecule has 37 heavy (non-hydrogen) atoms. The Hall–Kier alpha value is -2.59. The fourth-order valence-corrected chi connectivity index (χ4v) is 7.97. The molecule has 0 aliphatic heterocycles. The van der Waals surface area contributed by atoms with Gasteiger partial charge in [0.25, 0.3) is 0 Å². The molecule has 3 fully saturated rings. The van der Waals surface area contributed by atoms with Gasteiger partial charge in [0.15, 0.2) is 12.4 Å². The van der Waals surface area contributed by atoms with E-state index >= 15 is 0 Å². The molecular formula is C27H37NO9. The second-order valence-electron chi connectivity index (χ2n) is 11.7. The fraction of sp³-hybridized carbons (Fsp3) is 0.741. The molecule has 4 rings (SSSR count). The van der Waals surface area contributed by atoms with E-state index in [9.17, 15) is 34.2 Å². The number of aliphatic hydroxyl groups excluding tert-OH is 1. The molecule has 0 saturated heterocycles. The van der Waals surface area contributed by atoms with Gasteiger partial charge in [0.1, 0.15) is 12.1 Å². The normalized spacial score (nSPS) is 38.5. The van der Waals surface area contributed by atoms with Crippen molar-refractivity contribution in [1.82, 2.24) is 5.32 Å². The molecule has 10 nitrogen and oxygen atoms in total. The highest BCUT2D eigenvalue weighted by Crippen LogP contribution is 2.67. The summed E-state index contributed by atoms with van der Waals surface area (Å²) in [6, 6.07) is 0. The van der Waals surface area contributed by atoms with Gasteiger partial charge in [-0.2, -0.15) is 0 Å². The van der Waals surface area contributed by atoms with Crippen LogP contribution in [0.5, 0.6) is 0 Å². The lowest BCUT2D eigenvalue weighted by atomic mass is 9.45. The Kier molecular flexibility index (Phi) is 7.38. The van der Waals surface area contributed by atoms with Crippen molar-refractivity contribution >= 4 is 29.4 Å². The average molecular weight is 520 g/mol. The van der Waals surface area contributed by atoms with Gasteiger partial charge in [0.2, 0.25) is 11.7 Å². The molecule has 204 valence electrons. The maximum atomic E-state index is 13.2. The molecule has 0 aromatic carbocycles. The van der Waals surface area contributed by atoms with Crippen LogP contribution < -0.4 is 5.32 Å². The van der Waals surface area contributed by atoms with Crippen molar-refractivity contribution in [3.05, 3.63) is 11.6 Å². The smallest absolute Gasteiger partial charge is 0.322 e. The van der Waals surface area contributed by atoms with Crippen molar-refractivity contribution in [2.75, 3.05) is 13.2 Å². The predicted molar refractivity (Wildman–Crippen MR) is 129 cm³/mol. The molecule has 4 N–H and O–H groups in total. The summed E-state index contributed by atoms with van der Waals surface area (Å²) in [6.07, 6.45) is 4.24. The maximum Gasteiger partial charge on any atom is 0.322 e. The summed E-state index contributed by atoms with van der Waals surface area (Å²) in [5.41, 5.74) is -1.78. The number of esters is 1. The number of carbonyl (C=O) groups excluding carboxylic acids is 4. The van der Waals surface area contributed by atoms with Crippen LogP contribution in [0.15, 0.2) is 11.6 Å². The molecule has 0 aromatic rings. The minimum atomic E-state index is -1.75. The average Bonchev–Trinajstić information content (AvgIpc) is 3.11. The summed E-state index contributed by atoms with van der Waals surface area (Å²) >= 11 is 0. The summed E-state index contributed by atoms with van der Waals surface area (Å²) < 4.78 is 5.07. The maximum absolute atomic E-state index is 13.2. The van der Waals surface area contributed by atoms with Crippen LogP contribution in [0.25, 0.3) is 0 Å². The third-order valence-corrected chi connectivity index (χ3v) is 9.87. The topological polar surface area (TPSA) is 167 Å². The molecule has 0 radical (unpaired) electrons. The number of carboxylic acid groups (broad SMARTS) is 1. The summed E-state index contributed by atoms with van der Waals surface area (Å²) in [6.45, 7) is 2.81. The number of allylic oxidation sites excluding steroid dienone is 1. The first kappa shape index (κ1) is 27.4. The highest BCUT2D eigenvalue weighted by atomic mass is 16.5. The molecule has 1 amide bonds. The Balaban J connectivity index is 1.41. The molecule has 0 spiro atoms. The van der Waals surface area contributed by atoms with Crippen molar-refractivity contribution in [3.8, 4) is 0 Å². The molecule has 0 bridgehead atoms. The van der Waals surface area contributed by atoms with E-state index in [0.29, 0.717) is 19.3 Å². The zero-order chi connectivity index (χ0) is 27.2. The van der Waals surface area contributed by atoms with Gasteiger partial charge in [-0.3, -0.25) is 24.0 Å². The first-order chi connectivity index (χ1) is 17.3. The van der Waals surface area contributed by atoms with E-state index in [1.54, 1.807) is 6.08 Å². The minimum Gasteiger partial charge on any atom is -0.480 e.